The molecular weight excluding hydrogens is 403 g/mol. The van der Waals surface area contributed by atoms with Crippen LogP contribution < -0.4 is 0 Å². The van der Waals surface area contributed by atoms with Gasteiger partial charge in [0, 0.05) is 19.6 Å². The number of rotatable bonds is 3. The summed E-state index contributed by atoms with van der Waals surface area (Å²) in [4.78, 5) is 29.3. The van der Waals surface area contributed by atoms with Crippen LogP contribution in [0.5, 0.6) is 0 Å². The molecule has 0 aliphatic carbocycles. The third kappa shape index (κ3) is 5.25. The van der Waals surface area contributed by atoms with Crippen LogP contribution in [0.1, 0.15) is 48.9 Å². The fourth-order valence-corrected chi connectivity index (χ4v) is 4.83. The van der Waals surface area contributed by atoms with Gasteiger partial charge in [-0.05, 0) is 44.2 Å². The summed E-state index contributed by atoms with van der Waals surface area (Å²) in [5.74, 6) is -0.927. The maximum Gasteiger partial charge on any atom is 0.257 e. The predicted octanol–water partition coefficient (Wildman–Crippen LogP) is 1.98. The van der Waals surface area contributed by atoms with Gasteiger partial charge in [0.15, 0.2) is 0 Å². The number of carbonyl (C=O) groups is 2. The molecule has 0 spiro atoms. The van der Waals surface area contributed by atoms with Crippen LogP contribution in [0.2, 0.25) is 0 Å². The van der Waals surface area contributed by atoms with E-state index in [1.165, 1.54) is 23.5 Å². The van der Waals surface area contributed by atoms with Crippen molar-refractivity contribution >= 4 is 11.8 Å². The average molecular weight is 435 g/mol. The molecule has 4 atom stereocenters. The Kier molecular flexibility index (Phi) is 7.20. The average Bonchev–Trinajstić information content (AvgIpc) is 2.77. The quantitative estimate of drug-likeness (QED) is 0.787. The zero-order chi connectivity index (χ0) is 21.8. The van der Waals surface area contributed by atoms with E-state index in [4.69, 9.17) is 9.47 Å². The summed E-state index contributed by atoms with van der Waals surface area (Å²) in [6.07, 6.45) is 3.32. The van der Waals surface area contributed by atoms with E-state index < -0.39 is 23.9 Å². The Bertz CT molecular complexity index is 785. The number of hydrogen-bond acceptors (Lipinski definition) is 5. The molecule has 0 unspecified atom stereocenters. The van der Waals surface area contributed by atoms with Gasteiger partial charge in [-0.1, -0.05) is 12.1 Å². The fraction of sp³-hybridized carbons (Fsp3) is 0.652. The van der Waals surface area contributed by atoms with Crippen molar-refractivity contribution in [2.24, 2.45) is 0 Å². The maximum atomic E-state index is 14.3. The molecule has 170 valence electrons. The number of aliphatic hydroxyl groups is 1. The van der Waals surface area contributed by atoms with Gasteiger partial charge in [-0.25, -0.2) is 4.39 Å². The SMILES string of the molecule is O=C(C[C@H]1CC[C@H]2[C@@H](COC[C@@H](O)CN2C(=O)c2ccccc2F)O1)N1CCCCC1. The first-order valence-electron chi connectivity index (χ1n) is 11.3. The van der Waals surface area contributed by atoms with Gasteiger partial charge in [0.2, 0.25) is 5.91 Å². The highest BCUT2D eigenvalue weighted by atomic mass is 19.1. The molecule has 1 aromatic rings. The smallest absolute Gasteiger partial charge is 0.257 e. The number of piperidine rings is 1. The molecule has 8 heteroatoms. The lowest BCUT2D eigenvalue weighted by atomic mass is 9.93. The van der Waals surface area contributed by atoms with Crippen molar-refractivity contribution in [1.82, 2.24) is 9.80 Å². The zero-order valence-corrected chi connectivity index (χ0v) is 17.7. The summed E-state index contributed by atoms with van der Waals surface area (Å²) in [5.41, 5.74) is -0.0164. The third-order valence-corrected chi connectivity index (χ3v) is 6.46. The normalized spacial score (nSPS) is 29.6. The van der Waals surface area contributed by atoms with Crippen molar-refractivity contribution in [2.45, 2.75) is 62.9 Å². The van der Waals surface area contributed by atoms with E-state index >= 15 is 0 Å². The summed E-state index contributed by atoms with van der Waals surface area (Å²) < 4.78 is 26.1. The molecule has 3 heterocycles. The zero-order valence-electron chi connectivity index (χ0n) is 17.7. The Balaban J connectivity index is 1.46. The van der Waals surface area contributed by atoms with Gasteiger partial charge in [0.05, 0.1) is 43.4 Å². The Morgan fingerprint density at radius 1 is 1.10 bits per heavy atom. The molecule has 7 nitrogen and oxygen atoms in total. The van der Waals surface area contributed by atoms with Crippen molar-refractivity contribution in [3.05, 3.63) is 35.6 Å². The first-order chi connectivity index (χ1) is 15.0. The lowest BCUT2D eigenvalue weighted by Gasteiger charge is -2.44. The van der Waals surface area contributed by atoms with E-state index in [0.717, 1.165) is 25.9 Å². The van der Waals surface area contributed by atoms with Gasteiger partial charge >= 0.3 is 0 Å². The highest BCUT2D eigenvalue weighted by Crippen LogP contribution is 2.29. The number of benzene rings is 1. The van der Waals surface area contributed by atoms with Crippen molar-refractivity contribution in [2.75, 3.05) is 32.8 Å². The van der Waals surface area contributed by atoms with Crippen LogP contribution in [0.4, 0.5) is 4.39 Å². The van der Waals surface area contributed by atoms with Gasteiger partial charge in [-0.15, -0.1) is 0 Å². The summed E-state index contributed by atoms with van der Waals surface area (Å²) >= 11 is 0. The van der Waals surface area contributed by atoms with E-state index in [0.29, 0.717) is 19.3 Å². The van der Waals surface area contributed by atoms with Crippen LogP contribution in [-0.4, -0.2) is 83.9 Å². The first kappa shape index (κ1) is 22.2. The lowest BCUT2D eigenvalue weighted by molar-refractivity contribution is -0.155. The van der Waals surface area contributed by atoms with Crippen molar-refractivity contribution < 1.29 is 28.6 Å². The molecule has 1 aromatic carbocycles. The first-order valence-corrected chi connectivity index (χ1v) is 11.3. The number of ether oxygens (including phenoxy) is 2. The Morgan fingerprint density at radius 2 is 1.87 bits per heavy atom. The lowest BCUT2D eigenvalue weighted by Crippen LogP contribution is -2.57. The number of nitrogens with zero attached hydrogens (tertiary/aromatic N) is 2. The second-order valence-corrected chi connectivity index (χ2v) is 8.72. The maximum absolute atomic E-state index is 14.3. The van der Waals surface area contributed by atoms with Crippen LogP contribution >= 0.6 is 0 Å². The van der Waals surface area contributed by atoms with Gasteiger partial charge < -0.3 is 24.4 Å². The Morgan fingerprint density at radius 3 is 2.65 bits per heavy atom. The number of β-amino-alcohol motifs (C(OH)–C–C–N with tert-alkyl or cyclic N) is 1. The molecule has 3 aliphatic heterocycles. The Hall–Kier alpha value is -2.03. The topological polar surface area (TPSA) is 79.3 Å². The molecule has 3 aliphatic rings. The molecule has 0 bridgehead atoms. The molecule has 3 saturated heterocycles. The van der Waals surface area contributed by atoms with Crippen LogP contribution in [0.15, 0.2) is 24.3 Å². The van der Waals surface area contributed by atoms with Gasteiger partial charge in [0.1, 0.15) is 11.9 Å². The molecule has 0 radical (unpaired) electrons. The fourth-order valence-electron chi connectivity index (χ4n) is 4.83. The van der Waals surface area contributed by atoms with Crippen molar-refractivity contribution in [1.29, 1.82) is 0 Å². The van der Waals surface area contributed by atoms with E-state index in [1.807, 2.05) is 4.90 Å². The van der Waals surface area contributed by atoms with Crippen molar-refractivity contribution in [3.63, 3.8) is 0 Å². The van der Waals surface area contributed by atoms with E-state index in [1.54, 1.807) is 12.1 Å². The van der Waals surface area contributed by atoms with Gasteiger partial charge in [-0.2, -0.15) is 0 Å². The summed E-state index contributed by atoms with van der Waals surface area (Å²) in [6.45, 7) is 1.96. The predicted molar refractivity (Wildman–Crippen MR) is 111 cm³/mol. The third-order valence-electron chi connectivity index (χ3n) is 6.46. The molecule has 0 aromatic heterocycles. The summed E-state index contributed by atoms with van der Waals surface area (Å²) in [7, 11) is 0. The number of halogens is 1. The molecular formula is C23H31FN2O5. The molecule has 31 heavy (non-hydrogen) atoms. The van der Waals surface area contributed by atoms with Gasteiger partial charge in [0.25, 0.3) is 5.91 Å². The summed E-state index contributed by atoms with van der Waals surface area (Å²) in [6, 6.07) is 5.53. The van der Waals surface area contributed by atoms with Crippen LogP contribution in [0.25, 0.3) is 0 Å². The highest BCUT2D eigenvalue weighted by Gasteiger charge is 2.41. The minimum atomic E-state index is -0.852. The van der Waals surface area contributed by atoms with E-state index in [-0.39, 0.29) is 43.4 Å². The van der Waals surface area contributed by atoms with Crippen LogP contribution in [-0.2, 0) is 14.3 Å². The number of aliphatic hydroxyl groups excluding tert-OH is 1. The van der Waals surface area contributed by atoms with Crippen LogP contribution in [0.3, 0.4) is 0 Å². The molecule has 4 rings (SSSR count). The second-order valence-electron chi connectivity index (χ2n) is 8.72. The number of likely N-dealkylation sites (tertiary alicyclic amines) is 1. The minimum absolute atomic E-state index is 0.0164. The molecule has 1 N–H and O–H groups in total. The molecule has 2 amide bonds. The molecule has 3 fully saturated rings. The number of amides is 2. The number of carbonyl (C=O) groups excluding carboxylic acids is 2. The summed E-state index contributed by atoms with van der Waals surface area (Å²) in [5, 5.41) is 10.3. The largest absolute Gasteiger partial charge is 0.389 e. The van der Waals surface area contributed by atoms with Crippen LogP contribution in [0, 0.1) is 5.82 Å². The van der Waals surface area contributed by atoms with E-state index in [9.17, 15) is 19.1 Å². The monoisotopic (exact) mass is 434 g/mol. The number of hydrogen-bond donors (Lipinski definition) is 1. The second kappa shape index (κ2) is 10.1. The minimum Gasteiger partial charge on any atom is -0.389 e. The number of fused-ring (bicyclic) bond motifs is 1. The Labute approximate surface area is 182 Å². The molecule has 0 saturated carbocycles. The standard InChI is InChI=1S/C23H31FN2O5/c24-19-7-3-2-6-18(19)23(29)26-13-16(27)14-30-15-21-20(26)9-8-17(31-21)12-22(28)25-10-4-1-5-11-25/h2-3,6-7,16-17,20-21,27H,1,4-5,8-15H2/t16-,17+,20-,21+/m0/s1. The van der Waals surface area contributed by atoms with Gasteiger partial charge in [-0.3, -0.25) is 9.59 Å². The highest BCUT2D eigenvalue weighted by molar-refractivity contribution is 5.94. The van der Waals surface area contributed by atoms with Crippen molar-refractivity contribution in [3.8, 4) is 0 Å². The van der Waals surface area contributed by atoms with E-state index in [2.05, 4.69) is 0 Å².